The van der Waals surface area contributed by atoms with E-state index in [9.17, 15) is 4.79 Å². The molecule has 1 saturated heterocycles. The van der Waals surface area contributed by atoms with Gasteiger partial charge >= 0.3 is 0 Å². The van der Waals surface area contributed by atoms with Gasteiger partial charge in [-0.25, -0.2) is 0 Å². The summed E-state index contributed by atoms with van der Waals surface area (Å²) >= 11 is 0. The Morgan fingerprint density at radius 1 is 1.11 bits per heavy atom. The molecule has 0 bridgehead atoms. The molecule has 38 heavy (non-hydrogen) atoms. The second-order valence-corrected chi connectivity index (χ2v) is 12.5. The van der Waals surface area contributed by atoms with Crippen molar-refractivity contribution in [1.29, 1.82) is 0 Å². The van der Waals surface area contributed by atoms with Crippen LogP contribution in [-0.2, 0) is 19.0 Å². The van der Waals surface area contributed by atoms with Gasteiger partial charge in [-0.15, -0.1) is 10.2 Å². The van der Waals surface area contributed by atoms with Gasteiger partial charge in [0.2, 0.25) is 0 Å². The van der Waals surface area contributed by atoms with E-state index in [1.54, 1.807) is 6.33 Å². The van der Waals surface area contributed by atoms with Crippen LogP contribution in [-0.4, -0.2) is 42.3 Å². The summed E-state index contributed by atoms with van der Waals surface area (Å²) in [5.74, 6) is 2.93. The Hall–Kier alpha value is -3.19. The van der Waals surface area contributed by atoms with Crippen molar-refractivity contribution < 1.29 is 0 Å². The van der Waals surface area contributed by atoms with E-state index in [0.29, 0.717) is 11.8 Å². The van der Waals surface area contributed by atoms with Crippen molar-refractivity contribution in [3.05, 3.63) is 75.9 Å². The smallest absolute Gasteiger partial charge is 0.279 e. The zero-order valence-electron chi connectivity index (χ0n) is 22.8. The number of H-pyrrole nitrogens is 1. The fourth-order valence-corrected chi connectivity index (χ4v) is 7.31. The highest BCUT2D eigenvalue weighted by atomic mass is 16.1. The molecule has 2 aliphatic carbocycles. The number of fused-ring (bicyclic) bond motifs is 1. The molecule has 1 aromatic carbocycles. The molecule has 0 radical (unpaired) electrons. The second kappa shape index (κ2) is 8.94. The molecular formula is C31H38N6O. The SMILES string of the molecule is CC1CC(c2cccc(-n3cc(C4CC4)c4cc(CN5CCC[C@H](C)C5)[nH]c4c3=O)c2)(c2nncn2C)C1. The van der Waals surface area contributed by atoms with Gasteiger partial charge in [0.05, 0.1) is 5.41 Å². The molecule has 0 unspecified atom stereocenters. The highest BCUT2D eigenvalue weighted by molar-refractivity contribution is 5.84. The minimum Gasteiger partial charge on any atom is -0.353 e. The maximum atomic E-state index is 14.0. The Kier molecular flexibility index (Phi) is 5.62. The number of pyridine rings is 1. The normalized spacial score (nSPS) is 26.1. The zero-order chi connectivity index (χ0) is 26.0. The molecule has 3 aliphatic rings. The lowest BCUT2D eigenvalue weighted by molar-refractivity contribution is 0.175. The molecule has 0 spiro atoms. The number of aryl methyl sites for hydroxylation is 1. The molecule has 0 amide bonds. The molecule has 4 aromatic rings. The van der Waals surface area contributed by atoms with Gasteiger partial charge in [-0.3, -0.25) is 14.3 Å². The lowest BCUT2D eigenvalue weighted by atomic mass is 9.58. The number of hydrogen-bond acceptors (Lipinski definition) is 4. The van der Waals surface area contributed by atoms with Crippen LogP contribution in [0.25, 0.3) is 16.6 Å². The quantitative estimate of drug-likeness (QED) is 0.383. The van der Waals surface area contributed by atoms with E-state index in [1.807, 2.05) is 16.2 Å². The van der Waals surface area contributed by atoms with Gasteiger partial charge in [0, 0.05) is 43.1 Å². The summed E-state index contributed by atoms with van der Waals surface area (Å²) in [6.45, 7) is 7.79. The summed E-state index contributed by atoms with van der Waals surface area (Å²) in [5.41, 5.74) is 5.24. The van der Waals surface area contributed by atoms with Crippen LogP contribution < -0.4 is 5.56 Å². The van der Waals surface area contributed by atoms with E-state index in [1.165, 1.54) is 36.8 Å². The molecule has 198 valence electrons. The van der Waals surface area contributed by atoms with Gasteiger partial charge in [0.1, 0.15) is 17.7 Å². The summed E-state index contributed by atoms with van der Waals surface area (Å²) < 4.78 is 3.93. The molecule has 7 heteroatoms. The van der Waals surface area contributed by atoms with Gasteiger partial charge < -0.3 is 9.55 Å². The maximum absolute atomic E-state index is 14.0. The van der Waals surface area contributed by atoms with Crippen LogP contribution >= 0.6 is 0 Å². The standard InChI is InChI=1S/C31H38N6O/c1-20-6-5-11-36(16-20)17-24-13-26-27(22-9-10-22)18-37(29(38)28(26)33-24)25-8-4-7-23(12-25)31(14-21(2)15-31)30-34-32-19-35(30)3/h4,7-8,12-13,18-22,33H,5-6,9-11,14-17H2,1-3H3/t20-,21?,31?/m0/s1. The summed E-state index contributed by atoms with van der Waals surface area (Å²) in [6.07, 6.45) is 11.0. The first-order valence-electron chi connectivity index (χ1n) is 14.4. The van der Waals surface area contributed by atoms with Crippen molar-refractivity contribution in [2.45, 2.75) is 70.3 Å². The Balaban J connectivity index is 1.30. The molecular weight excluding hydrogens is 472 g/mol. The lowest BCUT2D eigenvalue weighted by Crippen LogP contribution is -2.43. The summed E-state index contributed by atoms with van der Waals surface area (Å²) in [4.78, 5) is 20.0. The molecule has 3 aromatic heterocycles. The lowest BCUT2D eigenvalue weighted by Gasteiger charge is -2.46. The first-order chi connectivity index (χ1) is 18.4. The van der Waals surface area contributed by atoms with E-state index in [4.69, 9.17) is 0 Å². The Morgan fingerprint density at radius 2 is 1.95 bits per heavy atom. The zero-order valence-corrected chi connectivity index (χ0v) is 22.8. The average molecular weight is 511 g/mol. The number of nitrogens with zero attached hydrogens (tertiary/aromatic N) is 5. The van der Waals surface area contributed by atoms with Crippen LogP contribution in [0, 0.1) is 11.8 Å². The third-order valence-electron chi connectivity index (χ3n) is 9.25. The van der Waals surface area contributed by atoms with Gasteiger partial charge in [-0.05, 0) is 92.1 Å². The van der Waals surface area contributed by atoms with Gasteiger partial charge in [-0.1, -0.05) is 26.0 Å². The van der Waals surface area contributed by atoms with Crippen LogP contribution in [0.5, 0.6) is 0 Å². The van der Waals surface area contributed by atoms with Crippen molar-refractivity contribution in [2.24, 2.45) is 18.9 Å². The monoisotopic (exact) mass is 510 g/mol. The highest BCUT2D eigenvalue weighted by Gasteiger charge is 2.48. The first-order valence-corrected chi connectivity index (χ1v) is 14.4. The largest absolute Gasteiger partial charge is 0.353 e. The van der Waals surface area contributed by atoms with Crippen molar-refractivity contribution >= 4 is 10.9 Å². The van der Waals surface area contributed by atoms with Gasteiger partial charge in [0.15, 0.2) is 0 Å². The Bertz CT molecular complexity index is 1550. The molecule has 1 aliphatic heterocycles. The highest BCUT2D eigenvalue weighted by Crippen LogP contribution is 2.51. The number of nitrogens with one attached hydrogen (secondary N) is 1. The van der Waals surface area contributed by atoms with E-state index in [2.05, 4.69) is 70.5 Å². The summed E-state index contributed by atoms with van der Waals surface area (Å²) in [6, 6.07) is 10.8. The second-order valence-electron chi connectivity index (χ2n) is 12.5. The van der Waals surface area contributed by atoms with Crippen molar-refractivity contribution in [1.82, 2.24) is 29.2 Å². The minimum absolute atomic E-state index is 0.0366. The topological polar surface area (TPSA) is 71.7 Å². The first kappa shape index (κ1) is 23.9. The number of aromatic amines is 1. The predicted octanol–water partition coefficient (Wildman–Crippen LogP) is 5.27. The number of piperidine rings is 1. The molecule has 1 N–H and O–H groups in total. The van der Waals surface area contributed by atoms with E-state index in [0.717, 1.165) is 66.5 Å². The summed E-state index contributed by atoms with van der Waals surface area (Å²) in [5, 5.41) is 9.82. The van der Waals surface area contributed by atoms with Crippen LogP contribution in [0.15, 0.2) is 47.7 Å². The molecule has 7 rings (SSSR count). The predicted molar refractivity (Wildman–Crippen MR) is 150 cm³/mol. The third-order valence-corrected chi connectivity index (χ3v) is 9.25. The van der Waals surface area contributed by atoms with Crippen LogP contribution in [0.2, 0.25) is 0 Å². The van der Waals surface area contributed by atoms with Crippen LogP contribution in [0.4, 0.5) is 0 Å². The number of hydrogen-bond donors (Lipinski definition) is 1. The van der Waals surface area contributed by atoms with Gasteiger partial charge in [-0.2, -0.15) is 0 Å². The van der Waals surface area contributed by atoms with E-state index < -0.39 is 0 Å². The fraction of sp³-hybridized carbons (Fsp3) is 0.516. The molecule has 4 heterocycles. The Morgan fingerprint density at radius 3 is 2.66 bits per heavy atom. The van der Waals surface area contributed by atoms with Crippen LogP contribution in [0.1, 0.15) is 80.9 Å². The fourth-order valence-electron chi connectivity index (χ4n) is 7.31. The third kappa shape index (κ3) is 3.94. The number of benzene rings is 1. The van der Waals surface area contributed by atoms with E-state index >= 15 is 0 Å². The maximum Gasteiger partial charge on any atom is 0.279 e. The van der Waals surface area contributed by atoms with Crippen molar-refractivity contribution in [3.63, 3.8) is 0 Å². The Labute approximate surface area is 223 Å². The molecule has 3 fully saturated rings. The number of likely N-dealkylation sites (tertiary alicyclic amines) is 1. The van der Waals surface area contributed by atoms with E-state index in [-0.39, 0.29) is 11.0 Å². The van der Waals surface area contributed by atoms with Crippen molar-refractivity contribution in [3.8, 4) is 5.69 Å². The minimum atomic E-state index is -0.154. The number of aromatic nitrogens is 5. The molecule has 2 saturated carbocycles. The molecule has 7 nitrogen and oxygen atoms in total. The van der Waals surface area contributed by atoms with Crippen LogP contribution in [0.3, 0.4) is 0 Å². The average Bonchev–Trinajstić information content (AvgIpc) is 3.50. The van der Waals surface area contributed by atoms with Crippen molar-refractivity contribution in [2.75, 3.05) is 13.1 Å². The van der Waals surface area contributed by atoms with Gasteiger partial charge in [0.25, 0.3) is 5.56 Å². The molecule has 1 atom stereocenters. The summed E-state index contributed by atoms with van der Waals surface area (Å²) in [7, 11) is 2.03. The number of rotatable bonds is 6.